The number of rotatable bonds is 7. The highest BCUT2D eigenvalue weighted by Crippen LogP contribution is 2.31. The molecule has 1 unspecified atom stereocenters. The molecule has 108 valence electrons. The molecule has 2 rings (SSSR count). The van der Waals surface area contributed by atoms with E-state index < -0.39 is 0 Å². The van der Waals surface area contributed by atoms with Crippen molar-refractivity contribution in [3.05, 3.63) is 22.4 Å². The number of nitrogens with one attached hydrogen (secondary N) is 1. The lowest BCUT2D eigenvalue weighted by Gasteiger charge is -2.37. The van der Waals surface area contributed by atoms with Crippen LogP contribution in [0.25, 0.3) is 0 Å². The minimum absolute atomic E-state index is 0.664. The maximum atomic E-state index is 3.67. The lowest BCUT2D eigenvalue weighted by molar-refractivity contribution is 0.138. The topological polar surface area (TPSA) is 15.3 Å². The van der Waals surface area contributed by atoms with Crippen molar-refractivity contribution in [3.63, 3.8) is 0 Å². The molecule has 3 heteroatoms. The van der Waals surface area contributed by atoms with Gasteiger partial charge in [-0.1, -0.05) is 26.3 Å². The number of likely N-dealkylation sites (tertiary alicyclic amines) is 1. The fourth-order valence-electron chi connectivity index (χ4n) is 3.02. The molecule has 0 radical (unpaired) electrons. The van der Waals surface area contributed by atoms with E-state index >= 15 is 0 Å². The normalized spacial score (nSPS) is 19.7. The molecule has 1 aromatic heterocycles. The van der Waals surface area contributed by atoms with E-state index in [4.69, 9.17) is 0 Å². The highest BCUT2D eigenvalue weighted by Gasteiger charge is 2.25. The van der Waals surface area contributed by atoms with Crippen molar-refractivity contribution in [2.45, 2.75) is 58.0 Å². The Bertz CT molecular complexity index is 329. The van der Waals surface area contributed by atoms with E-state index in [-0.39, 0.29) is 0 Å². The molecule has 2 nitrogen and oxygen atoms in total. The number of piperidine rings is 1. The SMILES string of the molecule is CCCNC1CCN(C(CCC)c2cccs2)CC1. The van der Waals surface area contributed by atoms with Gasteiger partial charge in [-0.15, -0.1) is 11.3 Å². The van der Waals surface area contributed by atoms with Crippen LogP contribution in [0.4, 0.5) is 0 Å². The van der Waals surface area contributed by atoms with Crippen LogP contribution in [0, 0.1) is 0 Å². The standard InChI is InChI=1S/C16H28N2S/c1-3-6-15(16-7-5-13-19-16)18-11-8-14(9-12-18)17-10-4-2/h5,7,13-15,17H,3-4,6,8-12H2,1-2H3. The monoisotopic (exact) mass is 280 g/mol. The van der Waals surface area contributed by atoms with Crippen molar-refractivity contribution < 1.29 is 0 Å². The van der Waals surface area contributed by atoms with E-state index in [9.17, 15) is 0 Å². The molecule has 1 atom stereocenters. The van der Waals surface area contributed by atoms with Gasteiger partial charge in [-0.2, -0.15) is 0 Å². The van der Waals surface area contributed by atoms with Crippen LogP contribution < -0.4 is 5.32 Å². The molecule has 0 saturated carbocycles. The smallest absolute Gasteiger partial charge is 0.0441 e. The lowest BCUT2D eigenvalue weighted by atomic mass is 10.0. The summed E-state index contributed by atoms with van der Waals surface area (Å²) in [5, 5.41) is 5.89. The first-order chi connectivity index (χ1) is 9.35. The fourth-order valence-corrected chi connectivity index (χ4v) is 3.92. The first-order valence-corrected chi connectivity index (χ1v) is 8.74. The van der Waals surface area contributed by atoms with Gasteiger partial charge in [0.15, 0.2) is 0 Å². The van der Waals surface area contributed by atoms with Crippen LogP contribution in [-0.2, 0) is 0 Å². The van der Waals surface area contributed by atoms with E-state index in [0.717, 1.165) is 6.04 Å². The Morgan fingerprint density at radius 1 is 1.32 bits per heavy atom. The van der Waals surface area contributed by atoms with E-state index in [1.807, 2.05) is 11.3 Å². The molecule has 2 heterocycles. The Morgan fingerprint density at radius 3 is 2.68 bits per heavy atom. The summed E-state index contributed by atoms with van der Waals surface area (Å²) in [6.07, 6.45) is 6.44. The summed E-state index contributed by atoms with van der Waals surface area (Å²) < 4.78 is 0. The third-order valence-electron chi connectivity index (χ3n) is 4.09. The van der Waals surface area contributed by atoms with E-state index in [0.29, 0.717) is 6.04 Å². The summed E-state index contributed by atoms with van der Waals surface area (Å²) in [6.45, 7) is 8.23. The van der Waals surface area contributed by atoms with Crippen molar-refractivity contribution in [3.8, 4) is 0 Å². The minimum atomic E-state index is 0.664. The molecule has 1 N–H and O–H groups in total. The van der Waals surface area contributed by atoms with Crippen LogP contribution in [0.2, 0.25) is 0 Å². The first-order valence-electron chi connectivity index (χ1n) is 7.86. The molecule has 19 heavy (non-hydrogen) atoms. The third-order valence-corrected chi connectivity index (χ3v) is 5.06. The molecule has 1 aliphatic rings. The molecular weight excluding hydrogens is 252 g/mol. The zero-order valence-electron chi connectivity index (χ0n) is 12.4. The molecule has 0 bridgehead atoms. The second-order valence-corrected chi connectivity index (χ2v) is 6.56. The number of hydrogen-bond acceptors (Lipinski definition) is 3. The number of hydrogen-bond donors (Lipinski definition) is 1. The summed E-state index contributed by atoms with van der Waals surface area (Å²) in [5.41, 5.74) is 0. The van der Waals surface area contributed by atoms with Gasteiger partial charge in [-0.25, -0.2) is 0 Å². The van der Waals surface area contributed by atoms with Gasteiger partial charge in [0, 0.05) is 30.1 Å². The largest absolute Gasteiger partial charge is 0.314 e. The minimum Gasteiger partial charge on any atom is -0.314 e. The van der Waals surface area contributed by atoms with Crippen molar-refractivity contribution >= 4 is 11.3 Å². The Morgan fingerprint density at radius 2 is 2.11 bits per heavy atom. The molecule has 1 aliphatic heterocycles. The lowest BCUT2D eigenvalue weighted by Crippen LogP contribution is -2.43. The van der Waals surface area contributed by atoms with Gasteiger partial charge >= 0.3 is 0 Å². The van der Waals surface area contributed by atoms with E-state index in [1.165, 1.54) is 51.7 Å². The fraction of sp³-hybridized carbons (Fsp3) is 0.750. The molecule has 1 saturated heterocycles. The van der Waals surface area contributed by atoms with Gasteiger partial charge in [-0.05, 0) is 43.7 Å². The van der Waals surface area contributed by atoms with E-state index in [2.05, 4.69) is 41.6 Å². The molecule has 0 spiro atoms. The Balaban J connectivity index is 1.87. The maximum Gasteiger partial charge on any atom is 0.0441 e. The summed E-state index contributed by atoms with van der Waals surface area (Å²) in [7, 11) is 0. The van der Waals surface area contributed by atoms with E-state index in [1.54, 1.807) is 4.88 Å². The summed E-state index contributed by atoms with van der Waals surface area (Å²) >= 11 is 1.92. The highest BCUT2D eigenvalue weighted by molar-refractivity contribution is 7.10. The second kappa shape index (κ2) is 8.03. The maximum absolute atomic E-state index is 3.67. The average molecular weight is 280 g/mol. The van der Waals surface area contributed by atoms with Crippen molar-refractivity contribution in [1.82, 2.24) is 10.2 Å². The van der Waals surface area contributed by atoms with Crippen LogP contribution >= 0.6 is 11.3 Å². The van der Waals surface area contributed by atoms with Crippen molar-refractivity contribution in [1.29, 1.82) is 0 Å². The number of thiophene rings is 1. The van der Waals surface area contributed by atoms with Crippen LogP contribution in [0.5, 0.6) is 0 Å². The Hall–Kier alpha value is -0.380. The van der Waals surface area contributed by atoms with Crippen LogP contribution in [0.15, 0.2) is 17.5 Å². The zero-order chi connectivity index (χ0) is 13.5. The van der Waals surface area contributed by atoms with Crippen LogP contribution in [0.3, 0.4) is 0 Å². The van der Waals surface area contributed by atoms with Gasteiger partial charge < -0.3 is 5.32 Å². The van der Waals surface area contributed by atoms with Gasteiger partial charge in [-0.3, -0.25) is 4.90 Å². The molecule has 1 aromatic rings. The number of nitrogens with zero attached hydrogens (tertiary/aromatic N) is 1. The second-order valence-electron chi connectivity index (χ2n) is 5.58. The predicted molar refractivity (Wildman–Crippen MR) is 84.9 cm³/mol. The summed E-state index contributed by atoms with van der Waals surface area (Å²) in [6, 6.07) is 5.92. The first kappa shape index (κ1) is 15.0. The van der Waals surface area contributed by atoms with Crippen molar-refractivity contribution in [2.75, 3.05) is 19.6 Å². The third kappa shape index (κ3) is 4.30. The average Bonchev–Trinajstić information content (AvgIpc) is 2.97. The molecule has 1 fully saturated rings. The van der Waals surface area contributed by atoms with Crippen LogP contribution in [-0.4, -0.2) is 30.6 Å². The van der Waals surface area contributed by atoms with Gasteiger partial charge in [0.05, 0.1) is 0 Å². The van der Waals surface area contributed by atoms with Gasteiger partial charge in [0.2, 0.25) is 0 Å². The summed E-state index contributed by atoms with van der Waals surface area (Å²) in [5.74, 6) is 0. The van der Waals surface area contributed by atoms with Crippen LogP contribution in [0.1, 0.15) is 56.9 Å². The molecule has 0 aliphatic carbocycles. The van der Waals surface area contributed by atoms with Gasteiger partial charge in [0.1, 0.15) is 0 Å². The Labute approximate surface area is 122 Å². The Kier molecular flexibility index (Phi) is 6.35. The molecular formula is C16H28N2S. The molecule has 0 amide bonds. The molecule has 0 aromatic carbocycles. The zero-order valence-corrected chi connectivity index (χ0v) is 13.2. The summed E-state index contributed by atoms with van der Waals surface area (Å²) in [4.78, 5) is 4.27. The quantitative estimate of drug-likeness (QED) is 0.810. The van der Waals surface area contributed by atoms with Crippen molar-refractivity contribution in [2.24, 2.45) is 0 Å². The predicted octanol–water partition coefficient (Wildman–Crippen LogP) is 4.05. The highest BCUT2D eigenvalue weighted by atomic mass is 32.1. The van der Waals surface area contributed by atoms with Gasteiger partial charge in [0.25, 0.3) is 0 Å².